The number of rotatable bonds is 2. The van der Waals surface area contributed by atoms with E-state index in [1.54, 1.807) is 0 Å². The highest BCUT2D eigenvalue weighted by molar-refractivity contribution is 7.92. The largest absolute Gasteiger partial charge is 0.266 e. The fourth-order valence-corrected chi connectivity index (χ4v) is 0.943. The molecule has 0 spiro atoms. The van der Waals surface area contributed by atoms with Crippen molar-refractivity contribution in [3.8, 4) is 0 Å². The molecule has 0 aromatic carbocycles. The van der Waals surface area contributed by atoms with E-state index in [9.17, 15) is 8.42 Å². The fourth-order valence-electron chi connectivity index (χ4n) is 0.493. The molecule has 0 amide bonds. The number of hydrogen-bond donors (Lipinski definition) is 1. The standard InChI is InChI=1S/C5H6N3O2S/c1-11(9,10)8-5-4-6-2-3-7-5/h2-3H,1H3,(H,7,8). The number of nitrogens with zero attached hydrogens (tertiary/aromatic N) is 2. The van der Waals surface area contributed by atoms with E-state index in [1.807, 2.05) is 0 Å². The van der Waals surface area contributed by atoms with Gasteiger partial charge in [-0.15, -0.1) is 0 Å². The molecule has 0 aliphatic heterocycles. The number of hydrogen-bond acceptors (Lipinski definition) is 4. The Balaban J connectivity index is 2.82. The number of nitrogens with one attached hydrogen (secondary N) is 1. The Morgan fingerprint density at radius 3 is 2.73 bits per heavy atom. The summed E-state index contributed by atoms with van der Waals surface area (Å²) in [5.41, 5.74) is 0. The maximum Gasteiger partial charge on any atom is 0.231 e. The highest BCUT2D eigenvalue weighted by Crippen LogP contribution is 1.97. The third kappa shape index (κ3) is 2.94. The van der Waals surface area contributed by atoms with Gasteiger partial charge in [-0.1, -0.05) is 0 Å². The molecule has 11 heavy (non-hydrogen) atoms. The first-order chi connectivity index (χ1) is 5.08. The molecule has 1 heterocycles. The van der Waals surface area contributed by atoms with Crippen LogP contribution < -0.4 is 4.72 Å². The summed E-state index contributed by atoms with van der Waals surface area (Å²) in [5.74, 6) is 0.106. The van der Waals surface area contributed by atoms with Crippen molar-refractivity contribution in [2.75, 3.05) is 11.0 Å². The van der Waals surface area contributed by atoms with Crippen LogP contribution in [0.2, 0.25) is 0 Å². The van der Waals surface area contributed by atoms with Crippen LogP contribution in [0.4, 0.5) is 5.82 Å². The molecule has 0 fully saturated rings. The van der Waals surface area contributed by atoms with Gasteiger partial charge < -0.3 is 0 Å². The van der Waals surface area contributed by atoms with Gasteiger partial charge in [0.2, 0.25) is 10.0 Å². The monoisotopic (exact) mass is 172 g/mol. The van der Waals surface area contributed by atoms with Crippen LogP contribution in [0, 0.1) is 6.20 Å². The lowest BCUT2D eigenvalue weighted by Crippen LogP contribution is -2.10. The van der Waals surface area contributed by atoms with Crippen LogP contribution in [0.15, 0.2) is 12.4 Å². The smallest absolute Gasteiger partial charge is 0.231 e. The van der Waals surface area contributed by atoms with Crippen LogP contribution in [0.1, 0.15) is 0 Å². The van der Waals surface area contributed by atoms with Gasteiger partial charge in [0.05, 0.1) is 6.26 Å². The minimum absolute atomic E-state index is 0.106. The molecule has 0 unspecified atom stereocenters. The average Bonchev–Trinajstić information content (AvgIpc) is 1.85. The lowest BCUT2D eigenvalue weighted by atomic mass is 10.7. The molecule has 0 saturated carbocycles. The normalized spacial score (nSPS) is 11.0. The SMILES string of the molecule is CS(=O)(=O)Nc1[c]nccn1. The van der Waals surface area contributed by atoms with Crippen LogP contribution >= 0.6 is 0 Å². The first-order valence-electron chi connectivity index (χ1n) is 2.74. The third-order valence-corrected chi connectivity index (χ3v) is 1.36. The van der Waals surface area contributed by atoms with E-state index in [4.69, 9.17) is 0 Å². The van der Waals surface area contributed by atoms with Crippen LogP contribution in [0.25, 0.3) is 0 Å². The van der Waals surface area contributed by atoms with Gasteiger partial charge in [0, 0.05) is 12.4 Å². The van der Waals surface area contributed by atoms with Gasteiger partial charge >= 0.3 is 0 Å². The van der Waals surface area contributed by atoms with Crippen LogP contribution in [0.3, 0.4) is 0 Å². The van der Waals surface area contributed by atoms with E-state index >= 15 is 0 Å². The molecule has 59 valence electrons. The Labute approximate surface area is 64.5 Å². The van der Waals surface area contributed by atoms with E-state index < -0.39 is 10.0 Å². The predicted octanol–water partition coefficient (Wildman–Crippen LogP) is -0.352. The molecule has 5 nitrogen and oxygen atoms in total. The van der Waals surface area contributed by atoms with E-state index in [1.165, 1.54) is 12.4 Å². The van der Waals surface area contributed by atoms with Crippen molar-refractivity contribution in [1.82, 2.24) is 9.97 Å². The Morgan fingerprint density at radius 2 is 2.27 bits per heavy atom. The molecule has 0 saturated heterocycles. The van der Waals surface area contributed by atoms with Crippen molar-refractivity contribution in [2.24, 2.45) is 0 Å². The summed E-state index contributed by atoms with van der Waals surface area (Å²) in [6, 6.07) is 0. The molecule has 1 aromatic heterocycles. The number of aromatic nitrogens is 2. The summed E-state index contributed by atoms with van der Waals surface area (Å²) in [5, 5.41) is 0. The number of sulfonamides is 1. The minimum atomic E-state index is -3.26. The van der Waals surface area contributed by atoms with Crippen LogP contribution in [-0.2, 0) is 10.0 Å². The van der Waals surface area contributed by atoms with Gasteiger partial charge in [-0.05, 0) is 0 Å². The van der Waals surface area contributed by atoms with Crippen molar-refractivity contribution in [3.05, 3.63) is 18.6 Å². The summed E-state index contributed by atoms with van der Waals surface area (Å²) in [6.07, 6.45) is 6.20. The second kappa shape index (κ2) is 2.83. The first-order valence-corrected chi connectivity index (χ1v) is 4.63. The predicted molar refractivity (Wildman–Crippen MR) is 39.3 cm³/mol. The minimum Gasteiger partial charge on any atom is -0.266 e. The van der Waals surface area contributed by atoms with Gasteiger partial charge in [-0.3, -0.25) is 4.72 Å². The molecule has 1 radical (unpaired) electrons. The number of anilines is 1. The van der Waals surface area contributed by atoms with Crippen molar-refractivity contribution in [1.29, 1.82) is 0 Å². The van der Waals surface area contributed by atoms with Gasteiger partial charge in [0.1, 0.15) is 6.20 Å². The fraction of sp³-hybridized carbons (Fsp3) is 0.200. The quantitative estimate of drug-likeness (QED) is 0.661. The molecule has 0 bridgehead atoms. The van der Waals surface area contributed by atoms with Gasteiger partial charge in [0.15, 0.2) is 5.82 Å². The molecule has 1 N–H and O–H groups in total. The highest BCUT2D eigenvalue weighted by atomic mass is 32.2. The van der Waals surface area contributed by atoms with Crippen molar-refractivity contribution >= 4 is 15.8 Å². The Bertz CT molecular complexity index is 321. The first kappa shape index (κ1) is 7.93. The van der Waals surface area contributed by atoms with E-state index in [0.717, 1.165) is 6.26 Å². The third-order valence-electron chi connectivity index (χ3n) is 0.797. The zero-order chi connectivity index (χ0) is 8.32. The Kier molecular flexibility index (Phi) is 2.04. The Morgan fingerprint density at radius 1 is 1.55 bits per heavy atom. The highest BCUT2D eigenvalue weighted by Gasteiger charge is 2.01. The molecule has 1 aromatic rings. The maximum absolute atomic E-state index is 10.6. The van der Waals surface area contributed by atoms with Gasteiger partial charge in [-0.2, -0.15) is 0 Å². The van der Waals surface area contributed by atoms with Crippen LogP contribution in [-0.4, -0.2) is 24.6 Å². The maximum atomic E-state index is 10.6. The molecule has 1 rings (SSSR count). The van der Waals surface area contributed by atoms with Crippen LogP contribution in [0.5, 0.6) is 0 Å². The molecule has 0 aliphatic carbocycles. The Hall–Kier alpha value is -1.17. The molecular weight excluding hydrogens is 166 g/mol. The summed E-state index contributed by atoms with van der Waals surface area (Å²) in [4.78, 5) is 7.21. The molecular formula is C5H6N3O2S. The summed E-state index contributed by atoms with van der Waals surface area (Å²) in [7, 11) is -3.26. The van der Waals surface area contributed by atoms with E-state index in [0.29, 0.717) is 0 Å². The van der Waals surface area contributed by atoms with E-state index in [2.05, 4.69) is 20.9 Å². The molecule has 6 heteroatoms. The van der Waals surface area contributed by atoms with Crippen molar-refractivity contribution < 1.29 is 8.42 Å². The second-order valence-electron chi connectivity index (χ2n) is 1.89. The summed E-state index contributed by atoms with van der Waals surface area (Å²) >= 11 is 0. The van der Waals surface area contributed by atoms with Gasteiger partial charge in [0.25, 0.3) is 0 Å². The van der Waals surface area contributed by atoms with Crippen molar-refractivity contribution in [2.45, 2.75) is 0 Å². The topological polar surface area (TPSA) is 72.0 Å². The molecule has 0 aliphatic rings. The summed E-state index contributed by atoms with van der Waals surface area (Å²) in [6.45, 7) is 0. The zero-order valence-corrected chi connectivity index (χ0v) is 6.59. The van der Waals surface area contributed by atoms with E-state index in [-0.39, 0.29) is 5.82 Å². The zero-order valence-electron chi connectivity index (χ0n) is 5.77. The second-order valence-corrected chi connectivity index (χ2v) is 3.64. The lowest BCUT2D eigenvalue weighted by Gasteiger charge is -1.98. The average molecular weight is 172 g/mol. The lowest BCUT2D eigenvalue weighted by molar-refractivity contribution is 0.606. The summed E-state index contributed by atoms with van der Waals surface area (Å²) < 4.78 is 23.3. The van der Waals surface area contributed by atoms with Crippen molar-refractivity contribution in [3.63, 3.8) is 0 Å². The van der Waals surface area contributed by atoms with Gasteiger partial charge in [-0.25, -0.2) is 18.4 Å². The molecule has 0 atom stereocenters.